The number of hydrogen-bond donors (Lipinski definition) is 1. The van der Waals surface area contributed by atoms with Gasteiger partial charge in [-0.25, -0.2) is 4.98 Å². The van der Waals surface area contributed by atoms with Crippen LogP contribution in [0, 0.1) is 0 Å². The van der Waals surface area contributed by atoms with Gasteiger partial charge in [0.15, 0.2) is 0 Å². The predicted molar refractivity (Wildman–Crippen MR) is 85.2 cm³/mol. The molecule has 7 heteroatoms. The standard InChI is InChI=1S/C16H21N5O2/c1-2-7-21(8-3-1)14-5-4-12(10-18-14)15-19-16(23-20-15)13-11-17-6-9-22-13/h4-5,10,13,17H,1-3,6-9,11H2/t13-/m0/s1. The second-order valence-corrected chi connectivity index (χ2v) is 5.97. The van der Waals surface area contributed by atoms with Gasteiger partial charge in [-0.1, -0.05) is 5.16 Å². The molecule has 1 N–H and O–H groups in total. The second kappa shape index (κ2) is 6.64. The molecular formula is C16H21N5O2. The van der Waals surface area contributed by atoms with Gasteiger partial charge in [-0.05, 0) is 31.4 Å². The molecule has 2 aromatic rings. The number of anilines is 1. The van der Waals surface area contributed by atoms with Crippen molar-refractivity contribution in [3.63, 3.8) is 0 Å². The Hall–Kier alpha value is -1.99. The third kappa shape index (κ3) is 3.20. The lowest BCUT2D eigenvalue weighted by atomic mass is 10.1. The molecule has 122 valence electrons. The Morgan fingerprint density at radius 3 is 2.83 bits per heavy atom. The average Bonchev–Trinajstić information content (AvgIpc) is 3.14. The monoisotopic (exact) mass is 315 g/mol. The molecule has 0 amide bonds. The highest BCUT2D eigenvalue weighted by molar-refractivity contribution is 5.56. The van der Waals surface area contributed by atoms with E-state index in [1.807, 2.05) is 18.3 Å². The van der Waals surface area contributed by atoms with Crippen molar-refractivity contribution >= 4 is 5.82 Å². The number of rotatable bonds is 3. The first-order valence-corrected chi connectivity index (χ1v) is 8.27. The number of hydrogen-bond acceptors (Lipinski definition) is 7. The lowest BCUT2D eigenvalue weighted by Gasteiger charge is -2.27. The van der Waals surface area contributed by atoms with Crippen LogP contribution in [0.4, 0.5) is 5.82 Å². The molecule has 7 nitrogen and oxygen atoms in total. The van der Waals surface area contributed by atoms with Crippen molar-refractivity contribution in [2.75, 3.05) is 37.7 Å². The van der Waals surface area contributed by atoms with E-state index in [1.54, 1.807) is 0 Å². The van der Waals surface area contributed by atoms with Crippen molar-refractivity contribution in [3.8, 4) is 11.4 Å². The molecule has 2 saturated heterocycles. The number of piperidine rings is 1. The fourth-order valence-electron chi connectivity index (χ4n) is 3.04. The first kappa shape index (κ1) is 14.6. The van der Waals surface area contributed by atoms with E-state index in [-0.39, 0.29) is 6.10 Å². The molecule has 0 aromatic carbocycles. The van der Waals surface area contributed by atoms with Gasteiger partial charge in [0.05, 0.1) is 6.61 Å². The Labute approximate surface area is 135 Å². The second-order valence-electron chi connectivity index (χ2n) is 5.97. The number of nitrogens with zero attached hydrogens (tertiary/aromatic N) is 4. The predicted octanol–water partition coefficient (Wildman–Crippen LogP) is 1.78. The molecule has 0 radical (unpaired) electrons. The summed E-state index contributed by atoms with van der Waals surface area (Å²) in [4.78, 5) is 11.3. The van der Waals surface area contributed by atoms with Crippen LogP contribution in [0.1, 0.15) is 31.3 Å². The smallest absolute Gasteiger partial charge is 0.257 e. The van der Waals surface area contributed by atoms with Crippen molar-refractivity contribution in [1.29, 1.82) is 0 Å². The van der Waals surface area contributed by atoms with Crippen LogP contribution in [0.25, 0.3) is 11.4 Å². The normalized spacial score (nSPS) is 22.3. The quantitative estimate of drug-likeness (QED) is 0.925. The van der Waals surface area contributed by atoms with Gasteiger partial charge in [-0.3, -0.25) is 0 Å². The van der Waals surface area contributed by atoms with Gasteiger partial charge >= 0.3 is 0 Å². The molecule has 0 spiro atoms. The van der Waals surface area contributed by atoms with Gasteiger partial charge in [0.2, 0.25) is 5.82 Å². The minimum atomic E-state index is -0.161. The van der Waals surface area contributed by atoms with Crippen LogP contribution in [-0.2, 0) is 4.74 Å². The summed E-state index contributed by atoms with van der Waals surface area (Å²) in [6.07, 6.45) is 5.46. The summed E-state index contributed by atoms with van der Waals surface area (Å²) in [6.45, 7) is 4.40. The highest BCUT2D eigenvalue weighted by Gasteiger charge is 2.22. The number of pyridine rings is 1. The van der Waals surface area contributed by atoms with E-state index in [4.69, 9.17) is 9.26 Å². The van der Waals surface area contributed by atoms with E-state index >= 15 is 0 Å². The summed E-state index contributed by atoms with van der Waals surface area (Å²) in [6, 6.07) is 4.04. The van der Waals surface area contributed by atoms with Crippen LogP contribution in [-0.4, -0.2) is 47.9 Å². The van der Waals surface area contributed by atoms with E-state index in [1.165, 1.54) is 19.3 Å². The Balaban J connectivity index is 1.48. The highest BCUT2D eigenvalue weighted by Crippen LogP contribution is 2.23. The molecule has 4 heterocycles. The van der Waals surface area contributed by atoms with Gasteiger partial charge in [0.1, 0.15) is 11.9 Å². The maximum absolute atomic E-state index is 5.63. The molecule has 2 aromatic heterocycles. The Kier molecular flexibility index (Phi) is 4.21. The van der Waals surface area contributed by atoms with Gasteiger partial charge in [0, 0.05) is 37.9 Å². The van der Waals surface area contributed by atoms with Gasteiger partial charge in [-0.15, -0.1) is 0 Å². The summed E-state index contributed by atoms with van der Waals surface area (Å²) < 4.78 is 11.0. The SMILES string of the molecule is c1cc(N2CCCCC2)ncc1-c1noc([C@@H]2CNCCO2)n1. The molecule has 4 rings (SSSR count). The zero-order valence-corrected chi connectivity index (χ0v) is 13.1. The van der Waals surface area contributed by atoms with Crippen molar-refractivity contribution in [3.05, 3.63) is 24.2 Å². The zero-order chi connectivity index (χ0) is 15.5. The zero-order valence-electron chi connectivity index (χ0n) is 13.1. The van der Waals surface area contributed by atoms with E-state index < -0.39 is 0 Å². The van der Waals surface area contributed by atoms with Gasteiger partial charge in [-0.2, -0.15) is 4.98 Å². The summed E-state index contributed by atoms with van der Waals surface area (Å²) in [5.74, 6) is 2.11. The van der Waals surface area contributed by atoms with Crippen molar-refractivity contribution < 1.29 is 9.26 Å². The highest BCUT2D eigenvalue weighted by atomic mass is 16.5. The molecule has 0 unspecified atom stereocenters. The first-order valence-electron chi connectivity index (χ1n) is 8.27. The topological polar surface area (TPSA) is 76.3 Å². The molecule has 0 bridgehead atoms. The van der Waals surface area contributed by atoms with Crippen LogP contribution in [0.3, 0.4) is 0 Å². The maximum Gasteiger partial charge on any atom is 0.257 e. The van der Waals surface area contributed by atoms with E-state index in [2.05, 4.69) is 25.3 Å². The molecule has 2 aliphatic rings. The Morgan fingerprint density at radius 1 is 1.17 bits per heavy atom. The average molecular weight is 315 g/mol. The summed E-state index contributed by atoms with van der Waals surface area (Å²) in [7, 11) is 0. The fraction of sp³-hybridized carbons (Fsp3) is 0.562. The number of nitrogens with one attached hydrogen (secondary N) is 1. The Bertz CT molecular complexity index is 630. The van der Waals surface area contributed by atoms with Crippen molar-refractivity contribution in [2.45, 2.75) is 25.4 Å². The molecule has 23 heavy (non-hydrogen) atoms. The maximum atomic E-state index is 5.63. The minimum Gasteiger partial charge on any atom is -0.366 e. The van der Waals surface area contributed by atoms with E-state index in [0.29, 0.717) is 24.9 Å². The van der Waals surface area contributed by atoms with E-state index in [9.17, 15) is 0 Å². The molecule has 0 aliphatic carbocycles. The minimum absolute atomic E-state index is 0.161. The lowest BCUT2D eigenvalue weighted by molar-refractivity contribution is 0.00755. The summed E-state index contributed by atoms with van der Waals surface area (Å²) >= 11 is 0. The molecular weight excluding hydrogens is 294 g/mol. The van der Waals surface area contributed by atoms with Crippen molar-refractivity contribution in [1.82, 2.24) is 20.4 Å². The Morgan fingerprint density at radius 2 is 2.09 bits per heavy atom. The molecule has 1 atom stereocenters. The van der Waals surface area contributed by atoms with Crippen LogP contribution in [0.2, 0.25) is 0 Å². The van der Waals surface area contributed by atoms with Crippen molar-refractivity contribution in [2.24, 2.45) is 0 Å². The number of morpholine rings is 1. The van der Waals surface area contributed by atoms with Gasteiger partial charge in [0.25, 0.3) is 5.89 Å². The third-order valence-corrected chi connectivity index (χ3v) is 4.33. The van der Waals surface area contributed by atoms with Crippen LogP contribution in [0.5, 0.6) is 0 Å². The largest absolute Gasteiger partial charge is 0.366 e. The summed E-state index contributed by atoms with van der Waals surface area (Å²) in [5, 5.41) is 7.31. The van der Waals surface area contributed by atoms with Crippen LogP contribution in [0.15, 0.2) is 22.9 Å². The van der Waals surface area contributed by atoms with E-state index in [0.717, 1.165) is 31.0 Å². The third-order valence-electron chi connectivity index (χ3n) is 4.33. The fourth-order valence-corrected chi connectivity index (χ4v) is 3.04. The van der Waals surface area contributed by atoms with Crippen LogP contribution >= 0.6 is 0 Å². The lowest BCUT2D eigenvalue weighted by Crippen LogP contribution is -2.33. The molecule has 2 fully saturated rings. The first-order chi connectivity index (χ1) is 11.4. The number of aromatic nitrogens is 3. The summed E-state index contributed by atoms with van der Waals surface area (Å²) in [5.41, 5.74) is 0.865. The molecule has 2 aliphatic heterocycles. The number of ether oxygens (including phenoxy) is 1. The molecule has 0 saturated carbocycles. The van der Waals surface area contributed by atoms with Gasteiger partial charge < -0.3 is 19.5 Å². The van der Waals surface area contributed by atoms with Crippen LogP contribution < -0.4 is 10.2 Å².